The maximum absolute atomic E-state index is 12.7. The van der Waals surface area contributed by atoms with Crippen LogP contribution in [0.1, 0.15) is 42.7 Å². The number of hydrogen-bond acceptors (Lipinski definition) is 7. The van der Waals surface area contributed by atoms with Gasteiger partial charge in [0.15, 0.2) is 5.13 Å². The van der Waals surface area contributed by atoms with Crippen molar-refractivity contribution in [3.05, 3.63) is 35.0 Å². The first-order chi connectivity index (χ1) is 14.2. The number of carbonyl (C=O) groups is 1. The molecule has 0 spiro atoms. The molecule has 2 N–H and O–H groups in total. The number of aromatic nitrogens is 2. The van der Waals surface area contributed by atoms with Gasteiger partial charge in [-0.1, -0.05) is 19.4 Å². The second kappa shape index (κ2) is 9.65. The Morgan fingerprint density at radius 1 is 1.38 bits per heavy atom. The van der Waals surface area contributed by atoms with E-state index in [1.54, 1.807) is 11.3 Å². The summed E-state index contributed by atoms with van der Waals surface area (Å²) in [4.78, 5) is 25.2. The largest absolute Gasteiger partial charge is 0.378 e. The fourth-order valence-corrected chi connectivity index (χ4v) is 4.85. The van der Waals surface area contributed by atoms with Gasteiger partial charge in [0, 0.05) is 42.3 Å². The normalized spacial score (nSPS) is 20.6. The number of pyridine rings is 1. The van der Waals surface area contributed by atoms with Crippen LogP contribution in [-0.4, -0.2) is 59.7 Å². The monoisotopic (exact) mass is 415 g/mol. The van der Waals surface area contributed by atoms with Gasteiger partial charge in [0.2, 0.25) is 5.91 Å². The van der Waals surface area contributed by atoms with E-state index in [0.29, 0.717) is 19.1 Å². The van der Waals surface area contributed by atoms with Crippen LogP contribution >= 0.6 is 11.3 Å². The van der Waals surface area contributed by atoms with Crippen LogP contribution in [0.3, 0.4) is 0 Å². The first kappa shape index (κ1) is 20.3. The molecule has 2 fully saturated rings. The van der Waals surface area contributed by atoms with Crippen molar-refractivity contribution in [3.8, 4) is 0 Å². The number of morpholine rings is 1. The van der Waals surface area contributed by atoms with E-state index < -0.39 is 0 Å². The predicted octanol–water partition coefficient (Wildman–Crippen LogP) is 2.93. The van der Waals surface area contributed by atoms with Crippen molar-refractivity contribution in [1.29, 1.82) is 0 Å². The van der Waals surface area contributed by atoms with E-state index in [1.165, 1.54) is 4.88 Å². The van der Waals surface area contributed by atoms with Gasteiger partial charge in [-0.25, -0.2) is 9.97 Å². The molecule has 1 unspecified atom stereocenters. The summed E-state index contributed by atoms with van der Waals surface area (Å²) in [5, 5.41) is 7.49. The summed E-state index contributed by atoms with van der Waals surface area (Å²) >= 11 is 1.69. The SMILES string of the molecule is CCCc1cnc(Nc2cccc(C3CCN(C(=O)C4COCCN4)CC3)n2)s1. The lowest BCUT2D eigenvalue weighted by Gasteiger charge is -2.35. The molecule has 2 saturated heterocycles. The molecule has 8 heteroatoms. The summed E-state index contributed by atoms with van der Waals surface area (Å²) in [6, 6.07) is 5.93. The number of rotatable bonds is 6. The molecule has 2 aliphatic rings. The molecular weight excluding hydrogens is 386 g/mol. The fourth-order valence-electron chi connectivity index (χ4n) is 3.93. The van der Waals surface area contributed by atoms with Crippen LogP contribution in [0.25, 0.3) is 0 Å². The highest BCUT2D eigenvalue weighted by atomic mass is 32.1. The van der Waals surface area contributed by atoms with Crippen molar-refractivity contribution < 1.29 is 9.53 Å². The first-order valence-corrected chi connectivity index (χ1v) is 11.3. The average molecular weight is 416 g/mol. The lowest BCUT2D eigenvalue weighted by Crippen LogP contribution is -2.53. The quantitative estimate of drug-likeness (QED) is 0.755. The molecule has 1 amide bonds. The molecule has 0 aliphatic carbocycles. The van der Waals surface area contributed by atoms with E-state index in [0.717, 1.165) is 62.0 Å². The zero-order chi connectivity index (χ0) is 20.1. The van der Waals surface area contributed by atoms with Gasteiger partial charge in [-0.15, -0.1) is 11.3 Å². The number of hydrogen-bond donors (Lipinski definition) is 2. The van der Waals surface area contributed by atoms with Crippen LogP contribution in [0.4, 0.5) is 10.9 Å². The van der Waals surface area contributed by atoms with Crippen molar-refractivity contribution in [1.82, 2.24) is 20.2 Å². The minimum absolute atomic E-state index is 0.165. The molecular formula is C21H29N5O2S. The summed E-state index contributed by atoms with van der Waals surface area (Å²) in [5.41, 5.74) is 1.09. The van der Waals surface area contributed by atoms with Crippen molar-refractivity contribution in [2.45, 2.75) is 44.6 Å². The minimum atomic E-state index is -0.193. The van der Waals surface area contributed by atoms with E-state index in [9.17, 15) is 4.79 Å². The highest BCUT2D eigenvalue weighted by molar-refractivity contribution is 7.15. The Morgan fingerprint density at radius 2 is 2.24 bits per heavy atom. The van der Waals surface area contributed by atoms with Gasteiger partial charge in [-0.05, 0) is 31.4 Å². The molecule has 2 aliphatic heterocycles. The molecule has 2 aromatic rings. The number of nitrogens with one attached hydrogen (secondary N) is 2. The van der Waals surface area contributed by atoms with Crippen LogP contribution < -0.4 is 10.6 Å². The number of likely N-dealkylation sites (tertiary alicyclic amines) is 1. The predicted molar refractivity (Wildman–Crippen MR) is 115 cm³/mol. The van der Waals surface area contributed by atoms with Crippen LogP contribution in [0.2, 0.25) is 0 Å². The number of nitrogens with zero attached hydrogens (tertiary/aromatic N) is 3. The second-order valence-electron chi connectivity index (χ2n) is 7.64. The van der Waals surface area contributed by atoms with Crippen molar-refractivity contribution in [2.75, 3.05) is 38.2 Å². The lowest BCUT2D eigenvalue weighted by atomic mass is 9.92. The van der Waals surface area contributed by atoms with Crippen molar-refractivity contribution in [3.63, 3.8) is 0 Å². The summed E-state index contributed by atoms with van der Waals surface area (Å²) in [5.74, 6) is 1.38. The molecule has 4 heterocycles. The van der Waals surface area contributed by atoms with Gasteiger partial charge in [0.1, 0.15) is 11.9 Å². The van der Waals surface area contributed by atoms with Gasteiger partial charge in [-0.2, -0.15) is 0 Å². The molecule has 0 bridgehead atoms. The number of amides is 1. The Labute approximate surface area is 175 Å². The summed E-state index contributed by atoms with van der Waals surface area (Å²) < 4.78 is 5.43. The van der Waals surface area contributed by atoms with Crippen LogP contribution in [0.15, 0.2) is 24.4 Å². The molecule has 4 rings (SSSR count). The zero-order valence-corrected chi connectivity index (χ0v) is 17.7. The Balaban J connectivity index is 1.33. The molecule has 7 nitrogen and oxygen atoms in total. The summed E-state index contributed by atoms with van der Waals surface area (Å²) in [7, 11) is 0. The lowest BCUT2D eigenvalue weighted by molar-refractivity contribution is -0.137. The summed E-state index contributed by atoms with van der Waals surface area (Å²) in [6.45, 7) is 5.63. The van der Waals surface area contributed by atoms with E-state index >= 15 is 0 Å². The van der Waals surface area contributed by atoms with Crippen LogP contribution in [-0.2, 0) is 16.0 Å². The third-order valence-corrected chi connectivity index (χ3v) is 6.47. The van der Waals surface area contributed by atoms with Crippen molar-refractivity contribution in [2.24, 2.45) is 0 Å². The molecule has 29 heavy (non-hydrogen) atoms. The molecule has 0 saturated carbocycles. The highest BCUT2D eigenvalue weighted by Gasteiger charge is 2.30. The topological polar surface area (TPSA) is 79.4 Å². The van der Waals surface area contributed by atoms with Crippen LogP contribution in [0.5, 0.6) is 0 Å². The van der Waals surface area contributed by atoms with Crippen LogP contribution in [0, 0.1) is 0 Å². The van der Waals surface area contributed by atoms with Gasteiger partial charge in [-0.3, -0.25) is 4.79 Å². The molecule has 2 aromatic heterocycles. The second-order valence-corrected chi connectivity index (χ2v) is 8.75. The Bertz CT molecular complexity index is 813. The Hall–Kier alpha value is -2.03. The average Bonchev–Trinajstić information content (AvgIpc) is 3.21. The third kappa shape index (κ3) is 5.12. The van der Waals surface area contributed by atoms with Gasteiger partial charge >= 0.3 is 0 Å². The first-order valence-electron chi connectivity index (χ1n) is 10.5. The number of ether oxygens (including phenoxy) is 1. The molecule has 1 atom stereocenters. The number of carbonyl (C=O) groups excluding carboxylic acids is 1. The van der Waals surface area contributed by atoms with Gasteiger partial charge in [0.25, 0.3) is 0 Å². The standard InChI is InChI=1S/C21H29N5O2S/c1-2-4-16-13-23-21(29-16)25-19-6-3-5-17(24-19)15-7-10-26(11-8-15)20(27)18-14-28-12-9-22-18/h3,5-6,13,15,18,22H,2,4,7-12,14H2,1H3,(H,23,24,25). The smallest absolute Gasteiger partial charge is 0.242 e. The van der Waals surface area contributed by atoms with Gasteiger partial charge in [0.05, 0.1) is 13.2 Å². The number of thiazole rings is 1. The zero-order valence-electron chi connectivity index (χ0n) is 16.9. The number of aryl methyl sites for hydroxylation is 1. The molecule has 0 radical (unpaired) electrons. The van der Waals surface area contributed by atoms with Crippen molar-refractivity contribution >= 4 is 28.2 Å². The Kier molecular flexibility index (Phi) is 6.74. The molecule has 156 valence electrons. The van der Waals surface area contributed by atoms with E-state index in [1.807, 2.05) is 23.2 Å². The third-order valence-electron chi connectivity index (χ3n) is 5.50. The maximum Gasteiger partial charge on any atom is 0.242 e. The van der Waals surface area contributed by atoms with E-state index in [2.05, 4.69) is 28.6 Å². The maximum atomic E-state index is 12.7. The Morgan fingerprint density at radius 3 is 3.00 bits per heavy atom. The highest BCUT2D eigenvalue weighted by Crippen LogP contribution is 2.29. The minimum Gasteiger partial charge on any atom is -0.378 e. The van der Waals surface area contributed by atoms with Gasteiger partial charge < -0.3 is 20.3 Å². The number of piperidine rings is 1. The van der Waals surface area contributed by atoms with E-state index in [-0.39, 0.29) is 11.9 Å². The fraction of sp³-hybridized carbons (Fsp3) is 0.571. The van der Waals surface area contributed by atoms with E-state index in [4.69, 9.17) is 9.72 Å². The summed E-state index contributed by atoms with van der Waals surface area (Å²) in [6.07, 6.45) is 6.01. The molecule has 0 aromatic carbocycles. The number of anilines is 2.